The molecule has 0 spiro atoms. The number of rotatable bonds is 1. The highest BCUT2D eigenvalue weighted by Crippen LogP contribution is 2.37. The van der Waals surface area contributed by atoms with Crippen molar-refractivity contribution in [2.45, 2.75) is 25.7 Å². The van der Waals surface area contributed by atoms with Gasteiger partial charge in [-0.1, -0.05) is 23.8 Å². The van der Waals surface area contributed by atoms with Crippen LogP contribution in [0.1, 0.15) is 25.7 Å². The van der Waals surface area contributed by atoms with Gasteiger partial charge in [-0.15, -0.1) is 0 Å². The van der Waals surface area contributed by atoms with E-state index < -0.39 is 5.82 Å². The van der Waals surface area contributed by atoms with E-state index in [9.17, 15) is 9.18 Å². The Morgan fingerprint density at radius 1 is 1.21 bits per heavy atom. The van der Waals surface area contributed by atoms with Gasteiger partial charge < -0.3 is 0 Å². The minimum atomic E-state index is -0.525. The quantitative estimate of drug-likeness (QED) is 0.729. The molecule has 0 radical (unpaired) electrons. The fourth-order valence-corrected chi connectivity index (χ4v) is 3.19. The van der Waals surface area contributed by atoms with Crippen LogP contribution >= 0.6 is 23.8 Å². The van der Waals surface area contributed by atoms with Gasteiger partial charge in [-0.25, -0.2) is 4.39 Å². The zero-order valence-electron chi connectivity index (χ0n) is 10.1. The van der Waals surface area contributed by atoms with Gasteiger partial charge in [-0.2, -0.15) is 0 Å². The Morgan fingerprint density at radius 2 is 1.89 bits per heavy atom. The number of anilines is 1. The summed E-state index contributed by atoms with van der Waals surface area (Å²) in [5.74, 6) is -0.705. The number of carbonyl (C=O) groups is 1. The van der Waals surface area contributed by atoms with E-state index in [1.807, 2.05) is 0 Å². The summed E-state index contributed by atoms with van der Waals surface area (Å²) in [5.41, 5.74) is 1.86. The van der Waals surface area contributed by atoms with Gasteiger partial charge >= 0.3 is 0 Å². The number of thiocarbonyl (C=S) groups is 1. The minimum absolute atomic E-state index is 0.180. The Kier molecular flexibility index (Phi) is 3.15. The Hall–Kier alpha value is -1.26. The molecule has 1 heterocycles. The highest BCUT2D eigenvalue weighted by atomic mass is 35.5. The van der Waals surface area contributed by atoms with Crippen molar-refractivity contribution in [3.05, 3.63) is 40.2 Å². The van der Waals surface area contributed by atoms with Crippen LogP contribution in [-0.2, 0) is 4.79 Å². The van der Waals surface area contributed by atoms with Crippen LogP contribution in [0.5, 0.6) is 0 Å². The molecule has 98 valence electrons. The molecule has 1 amide bonds. The second kappa shape index (κ2) is 4.69. The average Bonchev–Trinajstić information content (AvgIpc) is 2.64. The molecule has 0 bridgehead atoms. The lowest BCUT2D eigenvalue weighted by atomic mass is 9.94. The number of benzene rings is 1. The van der Waals surface area contributed by atoms with E-state index in [0.717, 1.165) is 36.8 Å². The van der Waals surface area contributed by atoms with Crippen LogP contribution in [0.2, 0.25) is 5.02 Å². The Bertz CT molecular complexity index is 598. The molecule has 0 unspecified atom stereocenters. The number of hydrogen-bond donors (Lipinski definition) is 0. The highest BCUT2D eigenvalue weighted by Gasteiger charge is 2.37. The lowest BCUT2D eigenvalue weighted by Crippen LogP contribution is -2.31. The van der Waals surface area contributed by atoms with Gasteiger partial charge in [0, 0.05) is 10.6 Å². The van der Waals surface area contributed by atoms with Gasteiger partial charge in [0.15, 0.2) is 0 Å². The molecule has 1 aliphatic heterocycles. The van der Waals surface area contributed by atoms with Crippen LogP contribution in [0.25, 0.3) is 0 Å². The van der Waals surface area contributed by atoms with E-state index in [2.05, 4.69) is 0 Å². The second-order valence-electron chi connectivity index (χ2n) is 4.71. The van der Waals surface area contributed by atoms with Crippen LogP contribution < -0.4 is 4.90 Å². The Morgan fingerprint density at radius 3 is 2.53 bits per heavy atom. The molecule has 1 aromatic carbocycles. The highest BCUT2D eigenvalue weighted by molar-refractivity contribution is 7.81. The maximum absolute atomic E-state index is 14.0. The molecule has 0 N–H and O–H groups in total. The van der Waals surface area contributed by atoms with E-state index in [1.54, 1.807) is 6.07 Å². The molecular weight excluding hydrogens is 285 g/mol. The van der Waals surface area contributed by atoms with Gasteiger partial charge in [-0.05, 0) is 49.5 Å². The van der Waals surface area contributed by atoms with Crippen molar-refractivity contribution in [3.8, 4) is 0 Å². The molecule has 3 rings (SSSR count). The third-order valence-corrected chi connectivity index (χ3v) is 4.21. The summed E-state index contributed by atoms with van der Waals surface area (Å²) in [6, 6.07) is 4.26. The summed E-state index contributed by atoms with van der Waals surface area (Å²) in [7, 11) is 0. The topological polar surface area (TPSA) is 20.3 Å². The van der Waals surface area contributed by atoms with Crippen molar-refractivity contribution in [1.82, 2.24) is 0 Å². The number of nitrogens with zero attached hydrogens (tertiary/aromatic N) is 1. The molecule has 2 aliphatic rings. The van der Waals surface area contributed by atoms with Crippen LogP contribution in [0.4, 0.5) is 10.1 Å². The van der Waals surface area contributed by atoms with Crippen LogP contribution in [0, 0.1) is 5.82 Å². The minimum Gasteiger partial charge on any atom is -0.269 e. The van der Waals surface area contributed by atoms with Gasteiger partial charge in [0.25, 0.3) is 5.91 Å². The molecule has 2 nitrogen and oxygen atoms in total. The first-order valence-corrected chi connectivity index (χ1v) is 6.94. The summed E-state index contributed by atoms with van der Waals surface area (Å²) in [6.45, 7) is 0. The smallest absolute Gasteiger partial charge is 0.259 e. The largest absolute Gasteiger partial charge is 0.269 e. The van der Waals surface area contributed by atoms with Crippen LogP contribution in [-0.4, -0.2) is 10.9 Å². The van der Waals surface area contributed by atoms with Gasteiger partial charge in [0.1, 0.15) is 10.8 Å². The zero-order chi connectivity index (χ0) is 13.6. The van der Waals surface area contributed by atoms with E-state index in [0.29, 0.717) is 10.0 Å². The molecule has 0 atom stereocenters. The van der Waals surface area contributed by atoms with E-state index in [1.165, 1.54) is 17.0 Å². The lowest BCUT2D eigenvalue weighted by molar-refractivity contribution is -0.114. The van der Waals surface area contributed by atoms with E-state index in [4.69, 9.17) is 23.8 Å². The van der Waals surface area contributed by atoms with Crippen LogP contribution in [0.15, 0.2) is 29.3 Å². The SMILES string of the molecule is O=C1C2=C(CCCC2)C(=S)N1c1ccc(Cl)cc1F. The third kappa shape index (κ3) is 1.99. The zero-order valence-corrected chi connectivity index (χ0v) is 11.7. The summed E-state index contributed by atoms with van der Waals surface area (Å²) >= 11 is 11.1. The van der Waals surface area contributed by atoms with Crippen molar-refractivity contribution in [3.63, 3.8) is 0 Å². The van der Waals surface area contributed by atoms with Gasteiger partial charge in [-0.3, -0.25) is 9.69 Å². The first kappa shape index (κ1) is 12.8. The van der Waals surface area contributed by atoms with Gasteiger partial charge in [0.05, 0.1) is 5.69 Å². The maximum Gasteiger partial charge on any atom is 0.259 e. The monoisotopic (exact) mass is 295 g/mol. The van der Waals surface area contributed by atoms with E-state index in [-0.39, 0.29) is 11.6 Å². The first-order valence-electron chi connectivity index (χ1n) is 6.15. The maximum atomic E-state index is 14.0. The van der Waals surface area contributed by atoms with Crippen molar-refractivity contribution < 1.29 is 9.18 Å². The first-order chi connectivity index (χ1) is 9.09. The summed E-state index contributed by atoms with van der Waals surface area (Å²) in [4.78, 5) is 14.1. The molecule has 19 heavy (non-hydrogen) atoms. The molecule has 1 aromatic rings. The van der Waals surface area contributed by atoms with Crippen molar-refractivity contribution in [2.24, 2.45) is 0 Å². The summed E-state index contributed by atoms with van der Waals surface area (Å²) < 4.78 is 14.0. The molecule has 1 aliphatic carbocycles. The second-order valence-corrected chi connectivity index (χ2v) is 5.53. The molecule has 5 heteroatoms. The fraction of sp³-hybridized carbons (Fsp3) is 0.286. The third-order valence-electron chi connectivity index (χ3n) is 3.54. The number of amides is 1. The average molecular weight is 296 g/mol. The normalized spacial score (nSPS) is 19.2. The van der Waals surface area contributed by atoms with Crippen molar-refractivity contribution >= 4 is 40.4 Å². The Balaban J connectivity index is 2.04. The van der Waals surface area contributed by atoms with E-state index >= 15 is 0 Å². The Labute approximate surface area is 120 Å². The van der Waals surface area contributed by atoms with Gasteiger partial charge in [0.2, 0.25) is 0 Å². The molecule has 0 fully saturated rings. The summed E-state index contributed by atoms with van der Waals surface area (Å²) in [6.07, 6.45) is 3.57. The molecule has 0 saturated carbocycles. The molecular formula is C14H11ClFNOS. The summed E-state index contributed by atoms with van der Waals surface area (Å²) in [5, 5.41) is 0.302. The number of carbonyl (C=O) groups excluding carboxylic acids is 1. The predicted molar refractivity (Wildman–Crippen MR) is 77.0 cm³/mol. The van der Waals surface area contributed by atoms with Crippen molar-refractivity contribution in [2.75, 3.05) is 4.90 Å². The molecule has 0 aromatic heterocycles. The lowest BCUT2D eigenvalue weighted by Gasteiger charge is -2.18. The predicted octanol–water partition coefficient (Wildman–Crippen LogP) is 4.02. The van der Waals surface area contributed by atoms with Crippen molar-refractivity contribution in [1.29, 1.82) is 0 Å². The number of hydrogen-bond acceptors (Lipinski definition) is 2. The molecule has 0 saturated heterocycles. The number of halogens is 2. The fourth-order valence-electron chi connectivity index (χ4n) is 2.62. The van der Waals surface area contributed by atoms with Crippen LogP contribution in [0.3, 0.4) is 0 Å². The standard InChI is InChI=1S/C14H11ClFNOS/c15-8-5-6-12(11(16)7-8)17-13(18)9-3-1-2-4-10(9)14(17)19/h5-7H,1-4H2.